The van der Waals surface area contributed by atoms with Gasteiger partial charge in [0.05, 0.1) is 18.6 Å². The van der Waals surface area contributed by atoms with Gasteiger partial charge in [0.15, 0.2) is 0 Å². The van der Waals surface area contributed by atoms with Crippen LogP contribution in [0.5, 0.6) is 0 Å². The molecule has 0 atom stereocenters. The fourth-order valence-electron chi connectivity index (χ4n) is 2.42. The molecule has 3 heteroatoms. The fraction of sp³-hybridized carbons (Fsp3) is 0.947. The summed E-state index contributed by atoms with van der Waals surface area (Å²) in [5.41, 5.74) is -0.159. The molecule has 22 heavy (non-hydrogen) atoms. The number of carbonyl (C=O) groups is 1. The van der Waals surface area contributed by atoms with Crippen molar-refractivity contribution in [1.82, 2.24) is 4.90 Å². The summed E-state index contributed by atoms with van der Waals surface area (Å²) in [5.74, 6) is 0.261. The Bertz CT molecular complexity index is 259. The number of nitrogens with zero attached hydrogens (tertiary/aromatic N) is 1. The first-order valence-electron chi connectivity index (χ1n) is 9.32. The van der Waals surface area contributed by atoms with Crippen molar-refractivity contribution in [3.8, 4) is 0 Å². The van der Waals surface area contributed by atoms with Crippen LogP contribution in [0.3, 0.4) is 0 Å². The summed E-state index contributed by atoms with van der Waals surface area (Å²) < 4.78 is 5.69. The van der Waals surface area contributed by atoms with Crippen molar-refractivity contribution < 1.29 is 9.53 Å². The Morgan fingerprint density at radius 1 is 0.864 bits per heavy atom. The molecule has 0 saturated heterocycles. The first-order chi connectivity index (χ1) is 10.4. The lowest BCUT2D eigenvalue weighted by atomic mass is 10.1. The Labute approximate surface area is 138 Å². The zero-order valence-electron chi connectivity index (χ0n) is 15.7. The first-order valence-corrected chi connectivity index (χ1v) is 9.32. The highest BCUT2D eigenvalue weighted by Crippen LogP contribution is 2.10. The minimum Gasteiger partial charge on any atom is -0.375 e. The van der Waals surface area contributed by atoms with Crippen LogP contribution in [0, 0.1) is 0 Å². The van der Waals surface area contributed by atoms with E-state index < -0.39 is 0 Å². The molecule has 0 aromatic carbocycles. The van der Waals surface area contributed by atoms with E-state index in [4.69, 9.17) is 4.74 Å². The number of hydrogen-bond acceptors (Lipinski definition) is 2. The Kier molecular flexibility index (Phi) is 12.6. The SMILES string of the molecule is CCCCCCN(CCCCCC)C(=O)CCOC(C)(C)C. The summed E-state index contributed by atoms with van der Waals surface area (Å²) in [6.45, 7) is 12.9. The van der Waals surface area contributed by atoms with Gasteiger partial charge in [0.1, 0.15) is 0 Å². The molecule has 0 unspecified atom stereocenters. The number of carbonyl (C=O) groups excluding carboxylic acids is 1. The average Bonchev–Trinajstić information content (AvgIpc) is 2.44. The number of ether oxygens (including phenoxy) is 1. The molecule has 3 nitrogen and oxygen atoms in total. The van der Waals surface area contributed by atoms with Gasteiger partial charge in [-0.1, -0.05) is 52.4 Å². The molecule has 0 saturated carbocycles. The van der Waals surface area contributed by atoms with Gasteiger partial charge in [0.2, 0.25) is 5.91 Å². The summed E-state index contributed by atoms with van der Waals surface area (Å²) in [7, 11) is 0. The highest BCUT2D eigenvalue weighted by molar-refractivity contribution is 5.76. The average molecular weight is 314 g/mol. The van der Waals surface area contributed by atoms with E-state index in [2.05, 4.69) is 18.7 Å². The van der Waals surface area contributed by atoms with Crippen LogP contribution < -0.4 is 0 Å². The van der Waals surface area contributed by atoms with Crippen LogP contribution in [0.15, 0.2) is 0 Å². The van der Waals surface area contributed by atoms with Crippen molar-refractivity contribution in [1.29, 1.82) is 0 Å². The zero-order valence-corrected chi connectivity index (χ0v) is 15.7. The molecule has 0 fully saturated rings. The summed E-state index contributed by atoms with van der Waals surface area (Å²) in [6.07, 6.45) is 10.3. The molecule has 0 aliphatic carbocycles. The fourth-order valence-corrected chi connectivity index (χ4v) is 2.42. The predicted octanol–water partition coefficient (Wildman–Crippen LogP) is 5.18. The summed E-state index contributed by atoms with van der Waals surface area (Å²) in [6, 6.07) is 0. The van der Waals surface area contributed by atoms with Crippen LogP contribution in [-0.2, 0) is 9.53 Å². The molecule has 0 aliphatic heterocycles. The first kappa shape index (κ1) is 21.4. The molecule has 0 bridgehead atoms. The Balaban J connectivity index is 4.13. The van der Waals surface area contributed by atoms with Crippen LogP contribution in [0.1, 0.15) is 92.4 Å². The van der Waals surface area contributed by atoms with Gasteiger partial charge >= 0.3 is 0 Å². The molecule has 0 aromatic rings. The molecular weight excluding hydrogens is 274 g/mol. The molecular formula is C19H39NO2. The second kappa shape index (κ2) is 12.9. The minimum atomic E-state index is -0.159. The maximum atomic E-state index is 12.4. The van der Waals surface area contributed by atoms with Gasteiger partial charge in [-0.2, -0.15) is 0 Å². The molecule has 0 rings (SSSR count). The topological polar surface area (TPSA) is 29.5 Å². The minimum absolute atomic E-state index is 0.159. The lowest BCUT2D eigenvalue weighted by molar-refractivity contribution is -0.133. The van der Waals surface area contributed by atoms with Crippen LogP contribution >= 0.6 is 0 Å². The van der Waals surface area contributed by atoms with Gasteiger partial charge in [0, 0.05) is 13.1 Å². The Hall–Kier alpha value is -0.570. The third-order valence-electron chi connectivity index (χ3n) is 3.77. The standard InChI is InChI=1S/C19H39NO2/c1-6-8-10-12-15-20(16-13-11-9-7-2)18(21)14-17-22-19(3,4)5/h6-17H2,1-5H3. The number of unbranched alkanes of at least 4 members (excludes halogenated alkanes) is 6. The van der Waals surface area contributed by atoms with E-state index in [0.29, 0.717) is 13.0 Å². The zero-order chi connectivity index (χ0) is 16.8. The smallest absolute Gasteiger partial charge is 0.224 e. The number of rotatable bonds is 13. The van der Waals surface area contributed by atoms with E-state index in [9.17, 15) is 4.79 Å². The summed E-state index contributed by atoms with van der Waals surface area (Å²) in [5, 5.41) is 0. The monoisotopic (exact) mass is 313 g/mol. The summed E-state index contributed by atoms with van der Waals surface area (Å²) in [4.78, 5) is 14.5. The third kappa shape index (κ3) is 13.1. The van der Waals surface area contributed by atoms with Crippen molar-refractivity contribution in [3.05, 3.63) is 0 Å². The van der Waals surface area contributed by atoms with E-state index in [-0.39, 0.29) is 11.5 Å². The number of hydrogen-bond donors (Lipinski definition) is 0. The molecule has 0 aliphatic rings. The lowest BCUT2D eigenvalue weighted by Crippen LogP contribution is -2.34. The van der Waals surface area contributed by atoms with Gasteiger partial charge in [0.25, 0.3) is 0 Å². The largest absolute Gasteiger partial charge is 0.375 e. The number of amides is 1. The van der Waals surface area contributed by atoms with Crippen molar-refractivity contribution in [2.75, 3.05) is 19.7 Å². The highest BCUT2D eigenvalue weighted by atomic mass is 16.5. The molecule has 0 aromatic heterocycles. The van der Waals surface area contributed by atoms with Crippen LogP contribution in [-0.4, -0.2) is 36.1 Å². The van der Waals surface area contributed by atoms with Crippen LogP contribution in [0.2, 0.25) is 0 Å². The maximum absolute atomic E-state index is 12.4. The van der Waals surface area contributed by atoms with E-state index in [1.807, 2.05) is 20.8 Å². The van der Waals surface area contributed by atoms with Gasteiger partial charge in [-0.15, -0.1) is 0 Å². The molecule has 132 valence electrons. The van der Waals surface area contributed by atoms with Crippen molar-refractivity contribution in [2.45, 2.75) is 98.0 Å². The van der Waals surface area contributed by atoms with Crippen LogP contribution in [0.25, 0.3) is 0 Å². The van der Waals surface area contributed by atoms with Gasteiger partial charge in [-0.05, 0) is 33.6 Å². The normalized spacial score (nSPS) is 11.7. The lowest BCUT2D eigenvalue weighted by Gasteiger charge is -2.24. The quantitative estimate of drug-likeness (QED) is 0.438. The third-order valence-corrected chi connectivity index (χ3v) is 3.77. The molecule has 0 heterocycles. The molecule has 0 radical (unpaired) electrons. The molecule has 1 amide bonds. The van der Waals surface area contributed by atoms with Crippen molar-refractivity contribution >= 4 is 5.91 Å². The van der Waals surface area contributed by atoms with Crippen molar-refractivity contribution in [3.63, 3.8) is 0 Å². The van der Waals surface area contributed by atoms with E-state index in [1.54, 1.807) is 0 Å². The summed E-state index contributed by atoms with van der Waals surface area (Å²) >= 11 is 0. The van der Waals surface area contributed by atoms with Crippen LogP contribution in [0.4, 0.5) is 0 Å². The van der Waals surface area contributed by atoms with E-state index in [0.717, 1.165) is 25.9 Å². The van der Waals surface area contributed by atoms with E-state index in [1.165, 1.54) is 38.5 Å². The van der Waals surface area contributed by atoms with Gasteiger partial charge in [-0.25, -0.2) is 0 Å². The van der Waals surface area contributed by atoms with Gasteiger partial charge < -0.3 is 9.64 Å². The Morgan fingerprint density at radius 3 is 1.77 bits per heavy atom. The molecule has 0 N–H and O–H groups in total. The van der Waals surface area contributed by atoms with Crippen molar-refractivity contribution in [2.24, 2.45) is 0 Å². The predicted molar refractivity (Wildman–Crippen MR) is 95.2 cm³/mol. The van der Waals surface area contributed by atoms with Gasteiger partial charge in [-0.3, -0.25) is 4.79 Å². The second-order valence-corrected chi connectivity index (χ2v) is 7.21. The second-order valence-electron chi connectivity index (χ2n) is 7.21. The molecule has 0 spiro atoms. The van der Waals surface area contributed by atoms with E-state index >= 15 is 0 Å². The Morgan fingerprint density at radius 2 is 1.36 bits per heavy atom. The highest BCUT2D eigenvalue weighted by Gasteiger charge is 2.15. The maximum Gasteiger partial charge on any atom is 0.224 e.